The van der Waals surface area contributed by atoms with Gasteiger partial charge in [-0.15, -0.1) is 5.10 Å². The molecule has 3 rings (SSSR count). The van der Waals surface area contributed by atoms with E-state index in [1.54, 1.807) is 17.7 Å². The van der Waals surface area contributed by atoms with E-state index in [1.165, 1.54) is 0 Å². The lowest BCUT2D eigenvalue weighted by Crippen LogP contribution is -2.15. The van der Waals surface area contributed by atoms with Crippen molar-refractivity contribution in [1.29, 1.82) is 0 Å². The van der Waals surface area contributed by atoms with E-state index in [-0.39, 0.29) is 0 Å². The van der Waals surface area contributed by atoms with Crippen LogP contribution in [0.15, 0.2) is 53.6 Å². The number of para-hydroxylation sites is 1. The first-order valence-electron chi connectivity index (χ1n) is 9.40. The summed E-state index contributed by atoms with van der Waals surface area (Å²) in [5.74, 6) is 1.43. The third-order valence-electron chi connectivity index (χ3n) is 3.20. The van der Waals surface area contributed by atoms with Gasteiger partial charge in [0.05, 0.1) is 5.52 Å². The Hall–Kier alpha value is -2.80. The molecule has 2 aromatic heterocycles. The molecule has 0 radical (unpaired) electrons. The molecule has 7 heteroatoms. The highest BCUT2D eigenvalue weighted by molar-refractivity contribution is 5.73. The number of rotatable bonds is 4. The van der Waals surface area contributed by atoms with Crippen molar-refractivity contribution >= 4 is 11.0 Å². The second-order valence-electron chi connectivity index (χ2n) is 5.75. The van der Waals surface area contributed by atoms with Crippen molar-refractivity contribution in [1.82, 2.24) is 30.0 Å². The maximum atomic E-state index is 4.82. The number of hydrogen-bond donors (Lipinski definition) is 0. The molecule has 0 aliphatic rings. The summed E-state index contributed by atoms with van der Waals surface area (Å²) in [6, 6.07) is 7.88. The Morgan fingerprint density at radius 1 is 1.21 bits per heavy atom. The molecule has 7 nitrogen and oxygen atoms in total. The van der Waals surface area contributed by atoms with Crippen LogP contribution in [0.3, 0.4) is 0 Å². The number of aryl methyl sites for hydroxylation is 2. The van der Waals surface area contributed by atoms with Gasteiger partial charge < -0.3 is 9.42 Å². The molecule has 0 spiro atoms. The lowest BCUT2D eigenvalue weighted by atomic mass is 10.3. The average molecular weight is 387 g/mol. The van der Waals surface area contributed by atoms with Gasteiger partial charge in [-0.05, 0) is 33.2 Å². The van der Waals surface area contributed by atoms with Gasteiger partial charge in [0.2, 0.25) is 5.89 Å². The smallest absolute Gasteiger partial charge is 0.223 e. The zero-order valence-electron chi connectivity index (χ0n) is 18.3. The number of aromatic nitrogens is 5. The first-order valence-corrected chi connectivity index (χ1v) is 9.40. The average Bonchev–Trinajstić information content (AvgIpc) is 3.29. The van der Waals surface area contributed by atoms with Crippen molar-refractivity contribution in [2.45, 2.75) is 34.1 Å². The SMILES string of the molecule is C=C/C=C\C.CC.Cc1nc(CCN(C)C)no1.Cn1nnc2ccccc21. The van der Waals surface area contributed by atoms with Gasteiger partial charge in [-0.3, -0.25) is 0 Å². The molecule has 3 aromatic rings. The van der Waals surface area contributed by atoms with Crippen LogP contribution in [0.5, 0.6) is 0 Å². The summed E-state index contributed by atoms with van der Waals surface area (Å²) in [4.78, 5) is 6.17. The summed E-state index contributed by atoms with van der Waals surface area (Å²) in [6.07, 6.45) is 6.43. The third-order valence-corrected chi connectivity index (χ3v) is 3.20. The van der Waals surface area contributed by atoms with E-state index >= 15 is 0 Å². The lowest BCUT2D eigenvalue weighted by Gasteiger charge is -2.05. The molecule has 0 saturated carbocycles. The van der Waals surface area contributed by atoms with Crippen LogP contribution >= 0.6 is 0 Å². The molecular weight excluding hydrogens is 352 g/mol. The maximum Gasteiger partial charge on any atom is 0.223 e. The highest BCUT2D eigenvalue weighted by Crippen LogP contribution is 2.06. The van der Waals surface area contributed by atoms with Crippen molar-refractivity contribution < 1.29 is 4.52 Å². The minimum atomic E-state index is 0.638. The van der Waals surface area contributed by atoms with Crippen molar-refractivity contribution in [2.24, 2.45) is 7.05 Å². The van der Waals surface area contributed by atoms with Gasteiger partial charge in [0.25, 0.3) is 0 Å². The fourth-order valence-corrected chi connectivity index (χ4v) is 1.89. The van der Waals surface area contributed by atoms with Crippen LogP contribution in [0.2, 0.25) is 0 Å². The van der Waals surface area contributed by atoms with Gasteiger partial charge >= 0.3 is 0 Å². The van der Waals surface area contributed by atoms with Crippen LogP contribution in [0, 0.1) is 6.92 Å². The van der Waals surface area contributed by atoms with E-state index in [4.69, 9.17) is 4.52 Å². The molecule has 0 aliphatic carbocycles. The van der Waals surface area contributed by atoms with E-state index in [2.05, 4.69) is 31.9 Å². The van der Waals surface area contributed by atoms with Crippen molar-refractivity contribution in [3.63, 3.8) is 0 Å². The van der Waals surface area contributed by atoms with E-state index in [0.717, 1.165) is 29.8 Å². The summed E-state index contributed by atoms with van der Waals surface area (Å²) >= 11 is 0. The summed E-state index contributed by atoms with van der Waals surface area (Å²) in [6.45, 7) is 12.2. The molecule has 154 valence electrons. The van der Waals surface area contributed by atoms with Crippen LogP contribution in [-0.2, 0) is 13.5 Å². The predicted octanol–water partition coefficient (Wildman–Crippen LogP) is 4.23. The van der Waals surface area contributed by atoms with E-state index in [9.17, 15) is 0 Å². The molecule has 0 bridgehead atoms. The highest BCUT2D eigenvalue weighted by atomic mass is 16.5. The number of nitrogens with zero attached hydrogens (tertiary/aromatic N) is 6. The number of allylic oxidation sites excluding steroid dienone is 3. The molecule has 0 atom stereocenters. The van der Waals surface area contributed by atoms with Gasteiger partial charge in [0.15, 0.2) is 5.82 Å². The second-order valence-corrected chi connectivity index (χ2v) is 5.75. The van der Waals surface area contributed by atoms with Gasteiger partial charge in [0, 0.05) is 26.9 Å². The van der Waals surface area contributed by atoms with Crippen molar-refractivity contribution in [3.05, 3.63) is 60.8 Å². The van der Waals surface area contributed by atoms with Gasteiger partial charge in [0.1, 0.15) is 5.52 Å². The first kappa shape index (κ1) is 25.2. The van der Waals surface area contributed by atoms with Gasteiger partial charge in [-0.2, -0.15) is 4.98 Å². The Morgan fingerprint density at radius 3 is 2.36 bits per heavy atom. The number of fused-ring (bicyclic) bond motifs is 1. The highest BCUT2D eigenvalue weighted by Gasteiger charge is 2.01. The molecule has 0 unspecified atom stereocenters. The fourth-order valence-electron chi connectivity index (χ4n) is 1.89. The van der Waals surface area contributed by atoms with E-state index in [0.29, 0.717) is 5.89 Å². The lowest BCUT2D eigenvalue weighted by molar-refractivity contribution is 0.376. The summed E-state index contributed by atoms with van der Waals surface area (Å²) in [5, 5.41) is 11.6. The minimum Gasteiger partial charge on any atom is -0.340 e. The van der Waals surface area contributed by atoms with Gasteiger partial charge in [-0.1, -0.05) is 61.2 Å². The summed E-state index contributed by atoms with van der Waals surface area (Å²) in [7, 11) is 5.93. The molecule has 2 heterocycles. The normalized spacial score (nSPS) is 9.86. The molecule has 28 heavy (non-hydrogen) atoms. The van der Waals surface area contributed by atoms with Crippen LogP contribution in [0.1, 0.15) is 32.5 Å². The molecule has 0 saturated heterocycles. The van der Waals surface area contributed by atoms with Crippen molar-refractivity contribution in [3.8, 4) is 0 Å². The third kappa shape index (κ3) is 10.4. The summed E-state index contributed by atoms with van der Waals surface area (Å²) < 4.78 is 6.58. The standard InChI is InChI=1S/C7H13N3O.C7H7N3.C5H8.C2H6/c1-6-8-7(9-11-6)4-5-10(2)3;1-10-7-5-3-2-4-6(7)8-9-10;1-3-5-4-2;1-2/h4-5H2,1-3H3;2-5H,1H3;3-5H,1H2,2H3;1-2H3/b;;5-4-;. The Kier molecular flexibility index (Phi) is 13.7. The number of likely N-dealkylation sites (N-methyl/N-ethyl adjacent to an activating group) is 1. The summed E-state index contributed by atoms with van der Waals surface area (Å²) in [5.41, 5.74) is 2.02. The van der Waals surface area contributed by atoms with Gasteiger partial charge in [-0.25, -0.2) is 4.68 Å². The van der Waals surface area contributed by atoms with Crippen molar-refractivity contribution in [2.75, 3.05) is 20.6 Å². The Bertz CT molecular complexity index is 804. The number of benzene rings is 1. The Morgan fingerprint density at radius 2 is 1.89 bits per heavy atom. The van der Waals surface area contributed by atoms with Crippen LogP contribution < -0.4 is 0 Å². The second kappa shape index (κ2) is 15.3. The molecular formula is C21H34N6O. The number of hydrogen-bond acceptors (Lipinski definition) is 6. The first-order chi connectivity index (χ1) is 13.5. The Balaban J connectivity index is 0.000000397. The van der Waals surface area contributed by atoms with Crippen LogP contribution in [0.25, 0.3) is 11.0 Å². The zero-order chi connectivity index (χ0) is 21.4. The molecule has 1 aromatic carbocycles. The van der Waals surface area contributed by atoms with E-state index in [1.807, 2.05) is 78.3 Å². The minimum absolute atomic E-state index is 0.638. The zero-order valence-corrected chi connectivity index (χ0v) is 18.3. The van der Waals surface area contributed by atoms with Crippen LogP contribution in [0.4, 0.5) is 0 Å². The van der Waals surface area contributed by atoms with E-state index < -0.39 is 0 Å². The molecule has 0 fully saturated rings. The fraction of sp³-hybridized carbons (Fsp3) is 0.429. The van der Waals surface area contributed by atoms with Crippen LogP contribution in [-0.4, -0.2) is 50.7 Å². The topological polar surface area (TPSA) is 72.9 Å². The largest absolute Gasteiger partial charge is 0.340 e. The Labute approximate surface area is 168 Å². The molecule has 0 N–H and O–H groups in total. The maximum absolute atomic E-state index is 4.82. The molecule has 0 aliphatic heterocycles. The molecule has 0 amide bonds. The quantitative estimate of drug-likeness (QED) is 0.625. The predicted molar refractivity (Wildman–Crippen MR) is 116 cm³/mol. The monoisotopic (exact) mass is 386 g/mol.